The van der Waals surface area contributed by atoms with Crippen LogP contribution in [0.1, 0.15) is 24.1 Å². The van der Waals surface area contributed by atoms with Crippen molar-refractivity contribution in [3.05, 3.63) is 47.5 Å². The Morgan fingerprint density at radius 3 is 2.87 bits per heavy atom. The van der Waals surface area contributed by atoms with Gasteiger partial charge in [-0.05, 0) is 49.1 Å². The molecule has 0 aliphatic heterocycles. The van der Waals surface area contributed by atoms with Crippen molar-refractivity contribution in [2.45, 2.75) is 19.8 Å². The number of carbonyl (C=O) groups is 1. The number of hydrogen-bond acceptors (Lipinski definition) is 4. The molecule has 0 saturated heterocycles. The molecule has 0 amide bonds. The van der Waals surface area contributed by atoms with Gasteiger partial charge in [0.1, 0.15) is 11.5 Å². The van der Waals surface area contributed by atoms with E-state index in [9.17, 15) is 9.18 Å². The van der Waals surface area contributed by atoms with E-state index in [1.807, 2.05) is 13.0 Å². The maximum atomic E-state index is 13.3. The summed E-state index contributed by atoms with van der Waals surface area (Å²) in [5, 5.41) is 10.5. The van der Waals surface area contributed by atoms with E-state index in [1.54, 1.807) is 12.3 Å². The molecule has 1 saturated carbocycles. The highest BCUT2D eigenvalue weighted by atomic mass is 19.1. The molecule has 5 heteroatoms. The summed E-state index contributed by atoms with van der Waals surface area (Å²) in [5.74, 6) is 0.120. The first-order valence-corrected chi connectivity index (χ1v) is 7.62. The van der Waals surface area contributed by atoms with E-state index in [0.717, 1.165) is 35.7 Å². The fraction of sp³-hybridized carbons (Fsp3) is 0.278. The number of Topliss-reactive ketones (excluding diaryl/α,β-unsaturated/α-hetero) is 1. The molecule has 118 valence electrons. The monoisotopic (exact) mass is 311 g/mol. The summed E-state index contributed by atoms with van der Waals surface area (Å²) in [5.41, 5.74) is 3.66. The van der Waals surface area contributed by atoms with Crippen LogP contribution in [0.4, 0.5) is 10.1 Å². The summed E-state index contributed by atoms with van der Waals surface area (Å²) < 4.78 is 13.3. The Hall–Kier alpha value is -2.56. The van der Waals surface area contributed by atoms with Gasteiger partial charge in [-0.25, -0.2) is 4.39 Å². The van der Waals surface area contributed by atoms with Crippen LogP contribution in [0.15, 0.2) is 30.5 Å². The molecular weight excluding hydrogens is 293 g/mol. The van der Waals surface area contributed by atoms with E-state index in [2.05, 4.69) is 10.3 Å². The van der Waals surface area contributed by atoms with Crippen molar-refractivity contribution in [3.63, 3.8) is 0 Å². The van der Waals surface area contributed by atoms with Crippen molar-refractivity contribution in [2.75, 3.05) is 11.9 Å². The number of ketones is 1. The first kappa shape index (κ1) is 15.3. The molecule has 1 aromatic heterocycles. The minimum atomic E-state index is -0.274. The number of nitrogens with zero attached hydrogens (tertiary/aromatic N) is 1. The van der Waals surface area contributed by atoms with E-state index in [0.29, 0.717) is 11.4 Å². The molecule has 2 aromatic rings. The Labute approximate surface area is 134 Å². The van der Waals surface area contributed by atoms with Gasteiger partial charge in [0.2, 0.25) is 0 Å². The SMILES string of the molecule is Cc1cc(F)ccc1-c1cnc(C=N)c(NCC(=O)C2CC2)c1. The van der Waals surface area contributed by atoms with Gasteiger partial charge in [0, 0.05) is 23.9 Å². The Morgan fingerprint density at radius 1 is 1.43 bits per heavy atom. The van der Waals surface area contributed by atoms with Gasteiger partial charge in [-0.2, -0.15) is 0 Å². The summed E-state index contributed by atoms with van der Waals surface area (Å²) in [7, 11) is 0. The minimum absolute atomic E-state index is 0.196. The number of carbonyl (C=O) groups excluding carboxylic acids is 1. The molecule has 0 unspecified atom stereocenters. The van der Waals surface area contributed by atoms with Gasteiger partial charge in [-0.3, -0.25) is 9.78 Å². The highest BCUT2D eigenvalue weighted by molar-refractivity contribution is 5.90. The van der Waals surface area contributed by atoms with Crippen LogP contribution in [0.5, 0.6) is 0 Å². The molecule has 2 N–H and O–H groups in total. The van der Waals surface area contributed by atoms with Crippen LogP contribution in [0.2, 0.25) is 0 Å². The summed E-state index contributed by atoms with van der Waals surface area (Å²) in [6, 6.07) is 6.46. The lowest BCUT2D eigenvalue weighted by molar-refractivity contribution is -0.118. The molecule has 0 radical (unpaired) electrons. The van der Waals surface area contributed by atoms with Crippen molar-refractivity contribution in [1.82, 2.24) is 4.98 Å². The maximum Gasteiger partial charge on any atom is 0.154 e. The zero-order valence-electron chi connectivity index (χ0n) is 12.9. The van der Waals surface area contributed by atoms with Crippen molar-refractivity contribution >= 4 is 17.7 Å². The van der Waals surface area contributed by atoms with Crippen LogP contribution >= 0.6 is 0 Å². The number of aromatic nitrogens is 1. The van der Waals surface area contributed by atoms with Crippen LogP contribution in [0.25, 0.3) is 11.1 Å². The number of benzene rings is 1. The molecule has 4 nitrogen and oxygen atoms in total. The Bertz CT molecular complexity index is 769. The molecule has 0 atom stereocenters. The van der Waals surface area contributed by atoms with Crippen LogP contribution in [0.3, 0.4) is 0 Å². The largest absolute Gasteiger partial charge is 0.376 e. The first-order chi connectivity index (χ1) is 11.1. The van der Waals surface area contributed by atoms with Crippen LogP contribution in [-0.2, 0) is 4.79 Å². The van der Waals surface area contributed by atoms with E-state index in [-0.39, 0.29) is 24.1 Å². The third kappa shape index (κ3) is 3.44. The standard InChI is InChI=1S/C18H18FN3O/c1-11-6-14(19)4-5-15(11)13-7-16(17(8-20)21-9-13)22-10-18(23)12-2-3-12/h4-9,12,20,22H,2-3,10H2,1H3. The summed E-state index contributed by atoms with van der Waals surface area (Å²) in [6.45, 7) is 2.09. The first-order valence-electron chi connectivity index (χ1n) is 7.62. The number of aryl methyl sites for hydroxylation is 1. The quantitative estimate of drug-likeness (QED) is 0.801. The van der Waals surface area contributed by atoms with Gasteiger partial charge in [-0.15, -0.1) is 0 Å². The fourth-order valence-electron chi connectivity index (χ4n) is 2.56. The lowest BCUT2D eigenvalue weighted by Gasteiger charge is -2.12. The van der Waals surface area contributed by atoms with Crippen molar-refractivity contribution in [1.29, 1.82) is 5.41 Å². The highest BCUT2D eigenvalue weighted by Gasteiger charge is 2.28. The molecule has 0 spiro atoms. The fourth-order valence-corrected chi connectivity index (χ4v) is 2.56. The molecule has 1 fully saturated rings. The topological polar surface area (TPSA) is 65.8 Å². The molecule has 3 rings (SSSR count). The van der Waals surface area contributed by atoms with E-state index < -0.39 is 0 Å². The van der Waals surface area contributed by atoms with Gasteiger partial charge < -0.3 is 10.7 Å². The predicted octanol–water partition coefficient (Wildman–Crippen LogP) is 3.58. The highest BCUT2D eigenvalue weighted by Crippen LogP contribution is 2.30. The van der Waals surface area contributed by atoms with Crippen molar-refractivity contribution in [2.24, 2.45) is 5.92 Å². The average molecular weight is 311 g/mol. The second-order valence-corrected chi connectivity index (χ2v) is 5.85. The summed E-state index contributed by atoms with van der Waals surface area (Å²) in [4.78, 5) is 16.1. The second kappa shape index (κ2) is 6.28. The second-order valence-electron chi connectivity index (χ2n) is 5.85. The molecule has 1 heterocycles. The van der Waals surface area contributed by atoms with E-state index >= 15 is 0 Å². The number of anilines is 1. The molecule has 1 aliphatic carbocycles. The molecule has 1 aliphatic rings. The molecular formula is C18H18FN3O. The number of pyridine rings is 1. The van der Waals surface area contributed by atoms with Gasteiger partial charge in [0.25, 0.3) is 0 Å². The van der Waals surface area contributed by atoms with Crippen LogP contribution in [-0.4, -0.2) is 23.5 Å². The van der Waals surface area contributed by atoms with Gasteiger partial charge in [-0.1, -0.05) is 6.07 Å². The predicted molar refractivity (Wildman–Crippen MR) is 88.5 cm³/mol. The zero-order valence-corrected chi connectivity index (χ0v) is 12.9. The maximum absolute atomic E-state index is 13.3. The third-order valence-corrected chi connectivity index (χ3v) is 4.04. The van der Waals surface area contributed by atoms with Gasteiger partial charge >= 0.3 is 0 Å². The van der Waals surface area contributed by atoms with Crippen LogP contribution in [0, 0.1) is 24.1 Å². The Kier molecular flexibility index (Phi) is 4.19. The van der Waals surface area contributed by atoms with Crippen molar-refractivity contribution in [3.8, 4) is 11.1 Å². The summed E-state index contributed by atoms with van der Waals surface area (Å²) >= 11 is 0. The molecule has 0 bridgehead atoms. The minimum Gasteiger partial charge on any atom is -0.376 e. The Balaban J connectivity index is 1.88. The summed E-state index contributed by atoms with van der Waals surface area (Å²) in [6.07, 6.45) is 4.77. The number of hydrogen-bond donors (Lipinski definition) is 2. The zero-order chi connectivity index (χ0) is 16.4. The van der Waals surface area contributed by atoms with Gasteiger partial charge in [0.05, 0.1) is 12.2 Å². The molecule has 1 aromatic carbocycles. The Morgan fingerprint density at radius 2 is 2.22 bits per heavy atom. The average Bonchev–Trinajstić information content (AvgIpc) is 3.37. The number of rotatable bonds is 6. The van der Waals surface area contributed by atoms with Crippen LogP contribution < -0.4 is 5.32 Å². The number of nitrogens with one attached hydrogen (secondary N) is 2. The normalized spacial score (nSPS) is 13.7. The van der Waals surface area contributed by atoms with Crippen molar-refractivity contribution < 1.29 is 9.18 Å². The van der Waals surface area contributed by atoms with E-state index in [1.165, 1.54) is 12.1 Å². The number of halogens is 1. The smallest absolute Gasteiger partial charge is 0.154 e. The lowest BCUT2D eigenvalue weighted by atomic mass is 10.0. The third-order valence-electron chi connectivity index (χ3n) is 4.04. The molecule has 23 heavy (non-hydrogen) atoms. The van der Waals surface area contributed by atoms with Gasteiger partial charge in [0.15, 0.2) is 5.78 Å². The lowest BCUT2D eigenvalue weighted by Crippen LogP contribution is -2.16. The van der Waals surface area contributed by atoms with E-state index in [4.69, 9.17) is 5.41 Å².